The monoisotopic (exact) mass is 239 g/mol. The van der Waals surface area contributed by atoms with E-state index in [1.165, 1.54) is 0 Å². The van der Waals surface area contributed by atoms with Gasteiger partial charge in [0.25, 0.3) is 0 Å². The minimum atomic E-state index is 0.157. The number of rotatable bonds is 7. The van der Waals surface area contributed by atoms with Crippen molar-refractivity contribution in [3.05, 3.63) is 12.2 Å². The summed E-state index contributed by atoms with van der Waals surface area (Å²) in [7, 11) is 0. The summed E-state index contributed by atoms with van der Waals surface area (Å²) in [5, 5.41) is 11.5. The number of hydrogen-bond acceptors (Lipinski definition) is 3. The van der Waals surface area contributed by atoms with Gasteiger partial charge in [0.15, 0.2) is 0 Å². The van der Waals surface area contributed by atoms with E-state index >= 15 is 0 Å². The van der Waals surface area contributed by atoms with Gasteiger partial charge in [0.1, 0.15) is 0 Å². The molecule has 2 N–H and O–H groups in total. The van der Waals surface area contributed by atoms with Gasteiger partial charge >= 0.3 is 0 Å². The Morgan fingerprint density at radius 2 is 2.24 bits per heavy atom. The Labute approximate surface area is 102 Å². The molecule has 2 aliphatic carbocycles. The Kier molecular flexibility index (Phi) is 4.57. The van der Waals surface area contributed by atoms with Crippen LogP contribution in [0.25, 0.3) is 0 Å². The molecule has 0 heterocycles. The van der Waals surface area contributed by atoms with E-state index in [0.717, 1.165) is 12.8 Å². The van der Waals surface area contributed by atoms with E-state index in [0.29, 0.717) is 38.0 Å². The van der Waals surface area contributed by atoms with Crippen LogP contribution >= 0.6 is 0 Å². The Balaban J connectivity index is 1.57. The van der Waals surface area contributed by atoms with Crippen LogP contribution in [0.15, 0.2) is 12.2 Å². The number of aliphatic hydroxyl groups is 1. The van der Waals surface area contributed by atoms with Crippen molar-refractivity contribution in [1.82, 2.24) is 5.32 Å². The maximum Gasteiger partial charge on any atom is 0.223 e. The first-order valence-electron chi connectivity index (χ1n) is 6.46. The first-order valence-corrected chi connectivity index (χ1v) is 6.46. The second-order valence-corrected chi connectivity index (χ2v) is 4.87. The lowest BCUT2D eigenvalue weighted by Gasteiger charge is -2.17. The van der Waals surface area contributed by atoms with Gasteiger partial charge in [0, 0.05) is 25.7 Å². The Hall–Kier alpha value is -0.870. The lowest BCUT2D eigenvalue weighted by molar-refractivity contribution is -0.125. The number of ether oxygens (including phenoxy) is 1. The molecule has 4 nitrogen and oxygen atoms in total. The highest BCUT2D eigenvalue weighted by atomic mass is 16.5. The largest absolute Gasteiger partial charge is 0.396 e. The van der Waals surface area contributed by atoms with Crippen LogP contribution in [-0.4, -0.2) is 37.4 Å². The first kappa shape index (κ1) is 12.6. The summed E-state index contributed by atoms with van der Waals surface area (Å²) >= 11 is 0. The van der Waals surface area contributed by atoms with Crippen molar-refractivity contribution in [2.75, 3.05) is 26.4 Å². The van der Waals surface area contributed by atoms with E-state index in [-0.39, 0.29) is 18.4 Å². The minimum absolute atomic E-state index is 0.157. The van der Waals surface area contributed by atoms with Crippen LogP contribution in [0, 0.1) is 17.8 Å². The molecule has 0 spiro atoms. The van der Waals surface area contributed by atoms with Crippen molar-refractivity contribution in [3.8, 4) is 0 Å². The quantitative estimate of drug-likeness (QED) is 0.508. The smallest absolute Gasteiger partial charge is 0.223 e. The van der Waals surface area contributed by atoms with Crippen LogP contribution < -0.4 is 5.32 Å². The van der Waals surface area contributed by atoms with Crippen molar-refractivity contribution in [2.45, 2.75) is 19.3 Å². The fourth-order valence-corrected chi connectivity index (χ4v) is 2.73. The topological polar surface area (TPSA) is 58.6 Å². The lowest BCUT2D eigenvalue weighted by atomic mass is 9.93. The molecule has 0 radical (unpaired) electrons. The van der Waals surface area contributed by atoms with Gasteiger partial charge in [-0.1, -0.05) is 12.2 Å². The molecule has 0 aliphatic heterocycles. The second kappa shape index (κ2) is 6.17. The zero-order valence-electron chi connectivity index (χ0n) is 10.1. The Morgan fingerprint density at radius 1 is 1.35 bits per heavy atom. The zero-order chi connectivity index (χ0) is 12.1. The minimum Gasteiger partial charge on any atom is -0.396 e. The summed E-state index contributed by atoms with van der Waals surface area (Å²) in [6, 6.07) is 0. The average Bonchev–Trinajstić information content (AvgIpc) is 2.95. The van der Waals surface area contributed by atoms with Crippen molar-refractivity contribution in [1.29, 1.82) is 0 Å². The number of hydrogen-bond donors (Lipinski definition) is 2. The molecule has 2 rings (SSSR count). The normalized spacial score (nSPS) is 29.8. The number of carbonyl (C=O) groups is 1. The van der Waals surface area contributed by atoms with Gasteiger partial charge in [-0.15, -0.1) is 0 Å². The SMILES string of the molecule is O=C(NCCOCCCO)C1CC2C=CC1C2. The van der Waals surface area contributed by atoms with Gasteiger partial charge in [0.2, 0.25) is 5.91 Å². The maximum absolute atomic E-state index is 11.9. The third kappa shape index (κ3) is 3.30. The lowest BCUT2D eigenvalue weighted by Crippen LogP contribution is -2.35. The van der Waals surface area contributed by atoms with Crippen molar-refractivity contribution in [3.63, 3.8) is 0 Å². The van der Waals surface area contributed by atoms with E-state index in [1.54, 1.807) is 0 Å². The van der Waals surface area contributed by atoms with Crippen LogP contribution in [0.1, 0.15) is 19.3 Å². The van der Waals surface area contributed by atoms with Gasteiger partial charge in [-0.3, -0.25) is 4.79 Å². The fourth-order valence-electron chi connectivity index (χ4n) is 2.73. The molecule has 1 fully saturated rings. The molecule has 3 unspecified atom stereocenters. The molecule has 3 atom stereocenters. The molecular formula is C13H21NO3. The Morgan fingerprint density at radius 3 is 2.88 bits per heavy atom. The van der Waals surface area contributed by atoms with Gasteiger partial charge < -0.3 is 15.2 Å². The number of amides is 1. The van der Waals surface area contributed by atoms with Crippen LogP contribution in [0.2, 0.25) is 0 Å². The maximum atomic E-state index is 11.9. The summed E-state index contributed by atoms with van der Waals surface area (Å²) in [4.78, 5) is 11.9. The van der Waals surface area contributed by atoms with E-state index in [2.05, 4.69) is 17.5 Å². The number of fused-ring (bicyclic) bond motifs is 2. The van der Waals surface area contributed by atoms with Gasteiger partial charge in [-0.05, 0) is 31.1 Å². The molecule has 0 aromatic rings. The van der Waals surface area contributed by atoms with Crippen LogP contribution in [-0.2, 0) is 9.53 Å². The first-order chi connectivity index (χ1) is 8.31. The molecule has 0 aromatic heterocycles. The predicted molar refractivity (Wildman–Crippen MR) is 64.4 cm³/mol. The number of allylic oxidation sites excluding steroid dienone is 2. The summed E-state index contributed by atoms with van der Waals surface area (Å²) in [6.45, 7) is 1.82. The molecule has 0 saturated heterocycles. The molecule has 4 heteroatoms. The van der Waals surface area contributed by atoms with Crippen molar-refractivity contribution in [2.24, 2.45) is 17.8 Å². The van der Waals surface area contributed by atoms with E-state index in [1.807, 2.05) is 0 Å². The summed E-state index contributed by atoms with van der Waals surface area (Å²) in [6.07, 6.45) is 7.26. The Bertz CT molecular complexity index is 290. The molecule has 96 valence electrons. The van der Waals surface area contributed by atoms with E-state index in [4.69, 9.17) is 9.84 Å². The highest BCUT2D eigenvalue weighted by Gasteiger charge is 2.39. The summed E-state index contributed by atoms with van der Waals surface area (Å²) < 4.78 is 5.26. The standard InChI is InChI=1S/C13H21NO3/c15-5-1-6-17-7-4-14-13(16)12-9-10-2-3-11(12)8-10/h2-3,10-12,15H,1,4-9H2,(H,14,16). The van der Waals surface area contributed by atoms with Crippen LogP contribution in [0.3, 0.4) is 0 Å². The van der Waals surface area contributed by atoms with E-state index in [9.17, 15) is 4.79 Å². The molecular weight excluding hydrogens is 218 g/mol. The third-order valence-corrected chi connectivity index (χ3v) is 3.61. The summed E-state index contributed by atoms with van der Waals surface area (Å²) in [5.74, 6) is 1.46. The third-order valence-electron chi connectivity index (χ3n) is 3.61. The molecule has 0 aromatic carbocycles. The van der Waals surface area contributed by atoms with Crippen LogP contribution in [0.5, 0.6) is 0 Å². The molecule has 17 heavy (non-hydrogen) atoms. The molecule has 2 bridgehead atoms. The zero-order valence-corrected chi connectivity index (χ0v) is 10.1. The van der Waals surface area contributed by atoms with Crippen LogP contribution in [0.4, 0.5) is 0 Å². The second-order valence-electron chi connectivity index (χ2n) is 4.87. The molecule has 1 saturated carbocycles. The molecule has 2 aliphatic rings. The van der Waals surface area contributed by atoms with Crippen molar-refractivity contribution >= 4 is 5.91 Å². The van der Waals surface area contributed by atoms with Gasteiger partial charge in [-0.25, -0.2) is 0 Å². The van der Waals surface area contributed by atoms with Gasteiger partial charge in [0.05, 0.1) is 6.61 Å². The van der Waals surface area contributed by atoms with Crippen molar-refractivity contribution < 1.29 is 14.6 Å². The predicted octanol–water partition coefficient (Wildman–Crippen LogP) is 0.714. The average molecular weight is 239 g/mol. The summed E-state index contributed by atoms with van der Waals surface area (Å²) in [5.41, 5.74) is 0. The molecule has 1 amide bonds. The number of carbonyl (C=O) groups excluding carboxylic acids is 1. The van der Waals surface area contributed by atoms with Gasteiger partial charge in [-0.2, -0.15) is 0 Å². The highest BCUT2D eigenvalue weighted by Crippen LogP contribution is 2.43. The van der Waals surface area contributed by atoms with E-state index < -0.39 is 0 Å². The highest BCUT2D eigenvalue weighted by molar-refractivity contribution is 5.79. The number of aliphatic hydroxyl groups excluding tert-OH is 1. The number of nitrogens with one attached hydrogen (secondary N) is 1. The fraction of sp³-hybridized carbons (Fsp3) is 0.769.